The van der Waals surface area contributed by atoms with E-state index >= 15 is 0 Å². The lowest BCUT2D eigenvalue weighted by atomic mass is 10.1. The first kappa shape index (κ1) is 9.71. The number of aromatic nitrogens is 1. The third-order valence-electron chi connectivity index (χ3n) is 3.12. The molecule has 3 heteroatoms. The predicted molar refractivity (Wildman–Crippen MR) is 54.7 cm³/mol. The summed E-state index contributed by atoms with van der Waals surface area (Å²) in [5, 5.41) is 4.06. The second-order valence-corrected chi connectivity index (χ2v) is 4.71. The van der Waals surface area contributed by atoms with Gasteiger partial charge >= 0.3 is 0 Å². The van der Waals surface area contributed by atoms with Crippen LogP contribution >= 0.6 is 0 Å². The van der Waals surface area contributed by atoms with Crippen LogP contribution in [-0.2, 0) is 6.54 Å². The van der Waals surface area contributed by atoms with E-state index in [2.05, 4.69) is 18.3 Å². The first-order chi connectivity index (χ1) is 6.68. The minimum Gasteiger partial charge on any atom is -0.361 e. The molecule has 1 aromatic heterocycles. The number of nitrogens with zero attached hydrogens (tertiary/aromatic N) is 2. The summed E-state index contributed by atoms with van der Waals surface area (Å²) >= 11 is 0. The summed E-state index contributed by atoms with van der Waals surface area (Å²) in [4.78, 5) is 0. The molecule has 0 atom stereocenters. The van der Waals surface area contributed by atoms with Crippen molar-refractivity contribution in [2.24, 2.45) is 0 Å². The van der Waals surface area contributed by atoms with Gasteiger partial charge in [0.2, 0.25) is 0 Å². The third-order valence-corrected chi connectivity index (χ3v) is 3.12. The molecule has 78 valence electrons. The predicted octanol–water partition coefficient (Wildman–Crippen LogP) is 2.11. The molecule has 0 N–H and O–H groups in total. The maximum absolute atomic E-state index is 5.09. The van der Waals surface area contributed by atoms with Crippen LogP contribution in [0.25, 0.3) is 0 Å². The molecule has 1 aliphatic rings. The zero-order chi connectivity index (χ0) is 10.0. The van der Waals surface area contributed by atoms with Gasteiger partial charge in [-0.25, -0.2) is 0 Å². The van der Waals surface area contributed by atoms with Crippen molar-refractivity contribution in [3.63, 3.8) is 0 Å². The Kier molecular flexibility index (Phi) is 2.59. The highest BCUT2D eigenvalue weighted by Crippen LogP contribution is 2.19. The van der Waals surface area contributed by atoms with Crippen LogP contribution in [0.2, 0.25) is 0 Å². The molecule has 14 heavy (non-hydrogen) atoms. The van der Waals surface area contributed by atoms with Gasteiger partial charge in [-0.05, 0) is 26.2 Å². The maximum Gasteiger partial charge on any atom is 0.138 e. The number of likely N-dealkylation sites (tertiary alicyclic amines) is 1. The number of hydrogen-bond acceptors (Lipinski definition) is 2. The Morgan fingerprint density at radius 1 is 1.36 bits per heavy atom. The summed E-state index contributed by atoms with van der Waals surface area (Å²) < 4.78 is 6.22. The number of piperidine rings is 1. The molecule has 1 fully saturated rings. The number of rotatable bonds is 2. The molecule has 1 aromatic rings. The molecule has 0 unspecified atom stereocenters. The van der Waals surface area contributed by atoms with Gasteiger partial charge in [0.25, 0.3) is 0 Å². The van der Waals surface area contributed by atoms with Gasteiger partial charge in [-0.2, -0.15) is 0 Å². The summed E-state index contributed by atoms with van der Waals surface area (Å²) in [5.74, 6) is 0.920. The van der Waals surface area contributed by atoms with Crippen molar-refractivity contribution in [3.05, 3.63) is 17.5 Å². The van der Waals surface area contributed by atoms with E-state index in [0.29, 0.717) is 0 Å². The van der Waals surface area contributed by atoms with E-state index in [-0.39, 0.29) is 0 Å². The van der Waals surface area contributed by atoms with Gasteiger partial charge in [0.05, 0.1) is 20.1 Å². The lowest BCUT2D eigenvalue weighted by molar-refractivity contribution is -0.927. The van der Waals surface area contributed by atoms with E-state index in [1.807, 2.05) is 6.92 Å². The van der Waals surface area contributed by atoms with Crippen LogP contribution in [0.3, 0.4) is 0 Å². The summed E-state index contributed by atoms with van der Waals surface area (Å²) in [6, 6.07) is 2.05. The van der Waals surface area contributed by atoms with E-state index in [1.165, 1.54) is 32.4 Å². The Morgan fingerprint density at radius 2 is 2.07 bits per heavy atom. The first-order valence-corrected chi connectivity index (χ1v) is 5.44. The van der Waals surface area contributed by atoms with Crippen LogP contribution in [0.15, 0.2) is 10.6 Å². The molecule has 2 rings (SSSR count). The number of quaternary nitrogens is 1. The molecule has 0 spiro atoms. The molecular formula is C11H19N2O+. The van der Waals surface area contributed by atoms with Crippen molar-refractivity contribution < 1.29 is 9.01 Å². The van der Waals surface area contributed by atoms with Crippen LogP contribution in [0.4, 0.5) is 0 Å². The highest BCUT2D eigenvalue weighted by Gasteiger charge is 2.26. The Hall–Kier alpha value is -0.830. The Bertz CT molecular complexity index is 300. The molecule has 3 nitrogen and oxygen atoms in total. The molecular weight excluding hydrogens is 176 g/mol. The van der Waals surface area contributed by atoms with Crippen molar-refractivity contribution in [2.75, 3.05) is 20.1 Å². The lowest BCUT2D eigenvalue weighted by Gasteiger charge is -2.37. The largest absolute Gasteiger partial charge is 0.361 e. The summed E-state index contributed by atoms with van der Waals surface area (Å²) in [7, 11) is 2.32. The van der Waals surface area contributed by atoms with Crippen LogP contribution in [0.5, 0.6) is 0 Å². The third kappa shape index (κ3) is 2.15. The Labute approximate surface area is 85.3 Å². The first-order valence-electron chi connectivity index (χ1n) is 5.44. The van der Waals surface area contributed by atoms with Crippen LogP contribution in [0, 0.1) is 6.92 Å². The highest BCUT2D eigenvalue weighted by atomic mass is 16.5. The number of aryl methyl sites for hydroxylation is 1. The fourth-order valence-corrected chi connectivity index (χ4v) is 2.32. The average molecular weight is 195 g/mol. The van der Waals surface area contributed by atoms with Crippen LogP contribution in [-0.4, -0.2) is 29.8 Å². The molecule has 1 saturated heterocycles. The van der Waals surface area contributed by atoms with E-state index in [9.17, 15) is 0 Å². The molecule has 0 saturated carbocycles. The normalized spacial score (nSPS) is 21.0. The van der Waals surface area contributed by atoms with E-state index in [4.69, 9.17) is 4.52 Å². The maximum atomic E-state index is 5.09. The lowest BCUT2D eigenvalue weighted by Crippen LogP contribution is -2.47. The van der Waals surface area contributed by atoms with Crippen LogP contribution in [0.1, 0.15) is 30.7 Å². The minimum absolute atomic E-state index is 0.920. The summed E-state index contributed by atoms with van der Waals surface area (Å²) in [5.41, 5.74) is 1.10. The minimum atomic E-state index is 0.920. The Balaban J connectivity index is 2.01. The topological polar surface area (TPSA) is 26.0 Å². The molecule has 1 aliphatic heterocycles. The van der Waals surface area contributed by atoms with Gasteiger partial charge in [-0.1, -0.05) is 5.16 Å². The van der Waals surface area contributed by atoms with Gasteiger partial charge in [-0.15, -0.1) is 0 Å². The molecule has 2 heterocycles. The van der Waals surface area contributed by atoms with E-state index in [1.54, 1.807) is 0 Å². The zero-order valence-corrected chi connectivity index (χ0v) is 9.12. The zero-order valence-electron chi connectivity index (χ0n) is 9.12. The average Bonchev–Trinajstić information content (AvgIpc) is 2.51. The SMILES string of the molecule is Cc1cc(C[N+]2(C)CCCCC2)no1. The second kappa shape index (κ2) is 3.73. The fraction of sp³-hybridized carbons (Fsp3) is 0.727. The van der Waals surface area contributed by atoms with Crippen molar-refractivity contribution in [2.45, 2.75) is 32.7 Å². The van der Waals surface area contributed by atoms with Gasteiger partial charge in [0, 0.05) is 6.07 Å². The van der Waals surface area contributed by atoms with Crippen molar-refractivity contribution in [1.29, 1.82) is 0 Å². The standard InChI is InChI=1S/C11H19N2O/c1-10-8-11(12-14-10)9-13(2)6-4-3-5-7-13/h8H,3-7,9H2,1-2H3/q+1. The monoisotopic (exact) mass is 195 g/mol. The quantitative estimate of drug-likeness (QED) is 0.675. The molecule has 0 bridgehead atoms. The van der Waals surface area contributed by atoms with Crippen molar-refractivity contribution in [3.8, 4) is 0 Å². The van der Waals surface area contributed by atoms with E-state index < -0.39 is 0 Å². The van der Waals surface area contributed by atoms with Crippen molar-refractivity contribution >= 4 is 0 Å². The fourth-order valence-electron chi connectivity index (χ4n) is 2.32. The number of hydrogen-bond donors (Lipinski definition) is 0. The molecule has 0 radical (unpaired) electrons. The summed E-state index contributed by atoms with van der Waals surface area (Å²) in [6.07, 6.45) is 4.10. The summed E-state index contributed by atoms with van der Waals surface area (Å²) in [6.45, 7) is 5.54. The van der Waals surface area contributed by atoms with Gasteiger partial charge in [0.15, 0.2) is 0 Å². The van der Waals surface area contributed by atoms with Gasteiger partial charge in [-0.3, -0.25) is 0 Å². The molecule has 0 aliphatic carbocycles. The van der Waals surface area contributed by atoms with E-state index in [0.717, 1.165) is 22.5 Å². The van der Waals surface area contributed by atoms with Crippen LogP contribution < -0.4 is 0 Å². The Morgan fingerprint density at radius 3 is 2.64 bits per heavy atom. The van der Waals surface area contributed by atoms with Crippen molar-refractivity contribution in [1.82, 2.24) is 5.16 Å². The van der Waals surface area contributed by atoms with Gasteiger partial charge < -0.3 is 9.01 Å². The van der Waals surface area contributed by atoms with Gasteiger partial charge in [0.1, 0.15) is 18.0 Å². The highest BCUT2D eigenvalue weighted by molar-refractivity contribution is 5.01. The second-order valence-electron chi connectivity index (χ2n) is 4.71. The molecule has 0 amide bonds. The molecule has 0 aromatic carbocycles. The smallest absolute Gasteiger partial charge is 0.138 e.